The lowest BCUT2D eigenvalue weighted by atomic mass is 9.89. The van der Waals surface area contributed by atoms with Crippen molar-refractivity contribution < 1.29 is 5.11 Å². The Morgan fingerprint density at radius 3 is 2.56 bits per heavy atom. The van der Waals surface area contributed by atoms with Crippen molar-refractivity contribution in [3.05, 3.63) is 22.8 Å². The van der Waals surface area contributed by atoms with Gasteiger partial charge in [-0.1, -0.05) is 36.6 Å². The van der Waals surface area contributed by atoms with Crippen molar-refractivity contribution in [2.75, 3.05) is 0 Å². The second-order valence-electron chi connectivity index (χ2n) is 5.49. The summed E-state index contributed by atoms with van der Waals surface area (Å²) in [6.45, 7) is 8.62. The van der Waals surface area contributed by atoms with Crippen LogP contribution < -0.4 is 0 Å². The third-order valence-electron chi connectivity index (χ3n) is 3.71. The highest BCUT2D eigenvalue weighted by Crippen LogP contribution is 2.27. The number of hydrogen-bond acceptors (Lipinski definition) is 1. The molecule has 0 aromatic rings. The molecule has 0 spiro atoms. The Kier molecular flexibility index (Phi) is 5.27. The number of aliphatic hydroxyl groups is 1. The van der Waals surface area contributed by atoms with Crippen molar-refractivity contribution >= 4 is 0 Å². The van der Waals surface area contributed by atoms with Crippen molar-refractivity contribution in [1.82, 2.24) is 0 Å². The van der Waals surface area contributed by atoms with E-state index in [4.69, 9.17) is 0 Å². The summed E-state index contributed by atoms with van der Waals surface area (Å²) >= 11 is 0. The predicted molar refractivity (Wildman–Crippen MR) is 70.4 cm³/mol. The van der Waals surface area contributed by atoms with E-state index < -0.39 is 0 Å². The Morgan fingerprint density at radius 1 is 1.38 bits per heavy atom. The highest BCUT2D eigenvalue weighted by atomic mass is 16.3. The maximum atomic E-state index is 9.78. The molecule has 1 rings (SSSR count). The van der Waals surface area contributed by atoms with Gasteiger partial charge in [0.15, 0.2) is 0 Å². The Morgan fingerprint density at radius 2 is 2.06 bits per heavy atom. The fourth-order valence-electron chi connectivity index (χ4n) is 2.11. The van der Waals surface area contributed by atoms with E-state index in [1.807, 2.05) is 0 Å². The third kappa shape index (κ3) is 4.13. The summed E-state index contributed by atoms with van der Waals surface area (Å²) in [5.41, 5.74) is 4.63. The molecule has 1 heteroatoms. The van der Waals surface area contributed by atoms with Gasteiger partial charge in [0.2, 0.25) is 0 Å². The van der Waals surface area contributed by atoms with E-state index in [1.165, 1.54) is 24.0 Å². The van der Waals surface area contributed by atoms with Crippen LogP contribution >= 0.6 is 0 Å². The van der Waals surface area contributed by atoms with E-state index in [9.17, 15) is 5.11 Å². The van der Waals surface area contributed by atoms with Gasteiger partial charge in [-0.25, -0.2) is 0 Å². The lowest BCUT2D eigenvalue weighted by molar-refractivity contribution is 0.116. The van der Waals surface area contributed by atoms with Crippen molar-refractivity contribution in [1.29, 1.82) is 0 Å². The van der Waals surface area contributed by atoms with Crippen LogP contribution in [0.3, 0.4) is 0 Å². The maximum absolute atomic E-state index is 9.78. The minimum Gasteiger partial charge on any atom is -0.393 e. The molecular formula is C15H26O. The fraction of sp³-hybridized carbons (Fsp3) is 0.733. The second kappa shape index (κ2) is 6.24. The number of hydrogen-bond donors (Lipinski definition) is 1. The first-order chi connectivity index (χ1) is 7.50. The van der Waals surface area contributed by atoms with E-state index in [2.05, 4.69) is 33.8 Å². The first-order valence-corrected chi connectivity index (χ1v) is 6.52. The summed E-state index contributed by atoms with van der Waals surface area (Å²) in [7, 11) is 0. The normalized spacial score (nSPS) is 22.0. The second-order valence-corrected chi connectivity index (χ2v) is 5.49. The van der Waals surface area contributed by atoms with Gasteiger partial charge >= 0.3 is 0 Å². The Balaban J connectivity index is 2.45. The molecule has 0 aromatic carbocycles. The van der Waals surface area contributed by atoms with E-state index in [0.29, 0.717) is 5.92 Å². The van der Waals surface area contributed by atoms with Gasteiger partial charge in [0, 0.05) is 0 Å². The molecule has 92 valence electrons. The van der Waals surface area contributed by atoms with Crippen molar-refractivity contribution in [2.24, 2.45) is 5.92 Å². The summed E-state index contributed by atoms with van der Waals surface area (Å²) < 4.78 is 0. The molecule has 1 N–H and O–H groups in total. The molecule has 1 aliphatic rings. The average Bonchev–Trinajstić information content (AvgIpc) is 2.26. The summed E-state index contributed by atoms with van der Waals surface area (Å²) in [5.74, 6) is 0.381. The summed E-state index contributed by atoms with van der Waals surface area (Å²) in [6.07, 6.45) is 7.76. The monoisotopic (exact) mass is 222 g/mol. The van der Waals surface area contributed by atoms with Crippen LogP contribution in [0.5, 0.6) is 0 Å². The van der Waals surface area contributed by atoms with Crippen LogP contribution in [0, 0.1) is 5.92 Å². The van der Waals surface area contributed by atoms with Crippen LogP contribution in [0.25, 0.3) is 0 Å². The van der Waals surface area contributed by atoms with Crippen LogP contribution in [-0.2, 0) is 0 Å². The van der Waals surface area contributed by atoms with Crippen LogP contribution in [0.1, 0.15) is 59.8 Å². The van der Waals surface area contributed by atoms with Crippen molar-refractivity contribution in [3.8, 4) is 0 Å². The maximum Gasteiger partial charge on any atom is 0.0566 e. The highest BCUT2D eigenvalue weighted by Gasteiger charge is 2.11. The molecule has 0 aliphatic heterocycles. The number of rotatable bonds is 4. The SMILES string of the molecule is CC1=CC/C(=C(\C)CC[C@H](O)C(C)C)CC1. The van der Waals surface area contributed by atoms with Gasteiger partial charge in [0.1, 0.15) is 0 Å². The molecule has 16 heavy (non-hydrogen) atoms. The molecule has 0 bridgehead atoms. The molecule has 0 fully saturated rings. The summed E-state index contributed by atoms with van der Waals surface area (Å²) in [4.78, 5) is 0. The van der Waals surface area contributed by atoms with E-state index in [0.717, 1.165) is 19.3 Å². The Labute approximate surface area is 100 Å². The quantitative estimate of drug-likeness (QED) is 0.706. The van der Waals surface area contributed by atoms with Gasteiger partial charge in [-0.05, 0) is 51.9 Å². The standard InChI is InChI=1S/C15H26O/c1-11(2)15(16)10-7-13(4)14-8-5-12(3)6-9-14/h5,11,15-16H,6-10H2,1-4H3/b14-13-/t15-/m0/s1. The first-order valence-electron chi connectivity index (χ1n) is 6.52. The highest BCUT2D eigenvalue weighted by molar-refractivity contribution is 5.22. The molecule has 0 saturated carbocycles. The van der Waals surface area contributed by atoms with E-state index >= 15 is 0 Å². The van der Waals surface area contributed by atoms with Crippen molar-refractivity contribution in [2.45, 2.75) is 65.9 Å². The van der Waals surface area contributed by atoms with Gasteiger partial charge in [-0.3, -0.25) is 0 Å². The minimum absolute atomic E-state index is 0.142. The lowest BCUT2D eigenvalue weighted by Gasteiger charge is -2.18. The van der Waals surface area contributed by atoms with Gasteiger partial charge in [-0.15, -0.1) is 0 Å². The Hall–Kier alpha value is -0.560. The van der Waals surface area contributed by atoms with E-state index in [1.54, 1.807) is 5.57 Å². The summed E-state index contributed by atoms with van der Waals surface area (Å²) in [6, 6.07) is 0. The number of aliphatic hydroxyl groups excluding tert-OH is 1. The van der Waals surface area contributed by atoms with Crippen LogP contribution in [0.4, 0.5) is 0 Å². The molecule has 0 saturated heterocycles. The van der Waals surface area contributed by atoms with Crippen LogP contribution in [0.15, 0.2) is 22.8 Å². The zero-order valence-electron chi connectivity index (χ0n) is 11.2. The largest absolute Gasteiger partial charge is 0.393 e. The average molecular weight is 222 g/mol. The molecule has 0 unspecified atom stereocenters. The lowest BCUT2D eigenvalue weighted by Crippen LogP contribution is -2.14. The van der Waals surface area contributed by atoms with Crippen LogP contribution in [-0.4, -0.2) is 11.2 Å². The van der Waals surface area contributed by atoms with Crippen molar-refractivity contribution in [3.63, 3.8) is 0 Å². The molecular weight excluding hydrogens is 196 g/mol. The summed E-state index contributed by atoms with van der Waals surface area (Å²) in [5, 5.41) is 9.78. The zero-order chi connectivity index (χ0) is 12.1. The molecule has 1 aliphatic carbocycles. The Bertz CT molecular complexity index is 284. The minimum atomic E-state index is -0.142. The molecule has 0 amide bonds. The zero-order valence-corrected chi connectivity index (χ0v) is 11.2. The van der Waals surface area contributed by atoms with Crippen LogP contribution in [0.2, 0.25) is 0 Å². The third-order valence-corrected chi connectivity index (χ3v) is 3.71. The van der Waals surface area contributed by atoms with Gasteiger partial charge < -0.3 is 5.11 Å². The molecule has 1 atom stereocenters. The van der Waals surface area contributed by atoms with Gasteiger partial charge in [0.25, 0.3) is 0 Å². The molecule has 0 heterocycles. The topological polar surface area (TPSA) is 20.2 Å². The molecule has 1 nitrogen and oxygen atoms in total. The van der Waals surface area contributed by atoms with Gasteiger partial charge in [-0.2, -0.15) is 0 Å². The first kappa shape index (κ1) is 13.5. The smallest absolute Gasteiger partial charge is 0.0566 e. The fourth-order valence-corrected chi connectivity index (χ4v) is 2.11. The molecule has 0 aromatic heterocycles. The number of allylic oxidation sites excluding steroid dienone is 4. The van der Waals surface area contributed by atoms with E-state index in [-0.39, 0.29) is 6.10 Å². The molecule has 0 radical (unpaired) electrons. The predicted octanol–water partition coefficient (Wildman–Crippen LogP) is 4.23. The van der Waals surface area contributed by atoms with Gasteiger partial charge in [0.05, 0.1) is 6.10 Å².